The molecule has 0 aliphatic carbocycles. The fourth-order valence-corrected chi connectivity index (χ4v) is 7.14. The molecule has 0 aliphatic rings. The van der Waals surface area contributed by atoms with Crippen molar-refractivity contribution in [2.24, 2.45) is 0 Å². The highest BCUT2D eigenvalue weighted by atomic mass is 28.2. The molecule has 0 amide bonds. The quantitative estimate of drug-likeness (QED) is 0.331. The van der Waals surface area contributed by atoms with Crippen molar-refractivity contribution in [1.82, 2.24) is 0 Å². The predicted molar refractivity (Wildman–Crippen MR) is 172 cm³/mol. The highest BCUT2D eigenvalue weighted by molar-refractivity contribution is 6.50. The maximum absolute atomic E-state index is 6.57. The molecule has 0 aromatic heterocycles. The number of benzene rings is 3. The van der Waals surface area contributed by atoms with E-state index in [0.717, 1.165) is 11.5 Å². The third-order valence-electron chi connectivity index (χ3n) is 6.98. The Morgan fingerprint density at radius 1 is 0.421 bits per heavy atom. The molecule has 2 nitrogen and oxygen atoms in total. The summed E-state index contributed by atoms with van der Waals surface area (Å²) < 4.78 is 13.1. The molecule has 0 saturated heterocycles. The van der Waals surface area contributed by atoms with Gasteiger partial charge in [0.15, 0.2) is 0 Å². The minimum Gasteiger partial charge on any atom is -0.545 e. The van der Waals surface area contributed by atoms with Gasteiger partial charge in [-0.3, -0.25) is 0 Å². The number of hydrogen-bond acceptors (Lipinski definition) is 2. The molecule has 38 heavy (non-hydrogen) atoms. The van der Waals surface area contributed by atoms with Gasteiger partial charge in [0, 0.05) is 11.1 Å². The van der Waals surface area contributed by atoms with Crippen molar-refractivity contribution in [2.45, 2.75) is 105 Å². The lowest BCUT2D eigenvalue weighted by atomic mass is 9.75. The van der Waals surface area contributed by atoms with Gasteiger partial charge in [-0.25, -0.2) is 0 Å². The summed E-state index contributed by atoms with van der Waals surface area (Å²) in [4.78, 5) is 0. The molecule has 0 spiro atoms. The molecule has 0 radical (unpaired) electrons. The Kier molecular flexibility index (Phi) is 8.80. The van der Waals surface area contributed by atoms with Crippen LogP contribution in [0.2, 0.25) is 0 Å². The molecule has 4 heteroatoms. The molecular weight excluding hydrogens is 497 g/mol. The average molecular weight is 547 g/mol. The normalized spacial score (nSPS) is 13.6. The van der Waals surface area contributed by atoms with Crippen LogP contribution in [0.5, 0.6) is 11.5 Å². The summed E-state index contributed by atoms with van der Waals surface area (Å²) in [6.45, 7) is 27.4. The fraction of sp³-hybridized carbons (Fsp3) is 0.471. The molecule has 0 heterocycles. The van der Waals surface area contributed by atoms with E-state index in [2.05, 4.69) is 144 Å². The number of hydrogen-bond donors (Lipinski definition) is 0. The van der Waals surface area contributed by atoms with Crippen LogP contribution in [-0.4, -0.2) is 19.5 Å². The van der Waals surface area contributed by atoms with Crippen LogP contribution in [0.1, 0.15) is 105 Å². The topological polar surface area (TPSA) is 18.5 Å². The third kappa shape index (κ3) is 7.41. The van der Waals surface area contributed by atoms with Gasteiger partial charge in [0.1, 0.15) is 11.5 Å². The molecule has 3 rings (SSSR count). The second kappa shape index (κ2) is 11.1. The lowest BCUT2D eigenvalue weighted by molar-refractivity contribution is 0.496. The molecule has 0 unspecified atom stereocenters. The standard InChI is InChI=1S/C34H50O2Si2/c1-31(2,3)25-15-13-17-27(29(25)33(7,8)9)35-37-23-19-21-24(22-20-23)38-36-28-18-14-16-26(32(4,5)6)30(28)34(10,11)12/h13-22H,37-38H2,1-12H3. The molecule has 0 atom stereocenters. The first kappa shape index (κ1) is 30.2. The molecule has 0 aliphatic heterocycles. The minimum atomic E-state index is -0.901. The van der Waals surface area contributed by atoms with E-state index < -0.39 is 19.5 Å². The Hall–Kier alpha value is -2.31. The first-order valence-electron chi connectivity index (χ1n) is 14.0. The second-order valence-electron chi connectivity index (χ2n) is 14.8. The van der Waals surface area contributed by atoms with Crippen LogP contribution < -0.4 is 19.2 Å². The smallest absolute Gasteiger partial charge is 0.251 e. The van der Waals surface area contributed by atoms with Gasteiger partial charge < -0.3 is 8.85 Å². The highest BCUT2D eigenvalue weighted by Crippen LogP contribution is 2.40. The van der Waals surface area contributed by atoms with E-state index in [9.17, 15) is 0 Å². The van der Waals surface area contributed by atoms with E-state index in [0.29, 0.717) is 0 Å². The van der Waals surface area contributed by atoms with Gasteiger partial charge in [-0.15, -0.1) is 0 Å². The van der Waals surface area contributed by atoms with Crippen molar-refractivity contribution in [2.75, 3.05) is 0 Å². The van der Waals surface area contributed by atoms with E-state index in [-0.39, 0.29) is 21.7 Å². The molecule has 206 valence electrons. The van der Waals surface area contributed by atoms with E-state index >= 15 is 0 Å². The van der Waals surface area contributed by atoms with Crippen LogP contribution in [0.15, 0.2) is 60.7 Å². The van der Waals surface area contributed by atoms with Crippen molar-refractivity contribution >= 4 is 29.9 Å². The van der Waals surface area contributed by atoms with Gasteiger partial charge in [-0.05, 0) is 55.3 Å². The Morgan fingerprint density at radius 2 is 0.737 bits per heavy atom. The Labute approximate surface area is 237 Å². The lowest BCUT2D eigenvalue weighted by Gasteiger charge is -2.32. The Balaban J connectivity index is 1.76. The Morgan fingerprint density at radius 3 is 1.00 bits per heavy atom. The summed E-state index contributed by atoms with van der Waals surface area (Å²) in [7, 11) is -1.80. The van der Waals surface area contributed by atoms with Crippen LogP contribution in [0.25, 0.3) is 0 Å². The van der Waals surface area contributed by atoms with E-state index in [1.165, 1.54) is 32.6 Å². The molecular formula is C34H50O2Si2. The monoisotopic (exact) mass is 546 g/mol. The summed E-state index contributed by atoms with van der Waals surface area (Å²) in [6, 6.07) is 22.1. The largest absolute Gasteiger partial charge is 0.545 e. The second-order valence-corrected chi connectivity index (χ2v) is 17.5. The van der Waals surface area contributed by atoms with Crippen LogP contribution in [-0.2, 0) is 21.7 Å². The fourth-order valence-electron chi connectivity index (χ4n) is 5.15. The molecule has 3 aromatic rings. The molecule has 0 fully saturated rings. The average Bonchev–Trinajstić information content (AvgIpc) is 2.79. The van der Waals surface area contributed by atoms with Gasteiger partial charge in [0.05, 0.1) is 0 Å². The van der Waals surface area contributed by atoms with Crippen molar-refractivity contribution < 1.29 is 8.85 Å². The van der Waals surface area contributed by atoms with E-state index in [4.69, 9.17) is 8.85 Å². The SMILES string of the molecule is CC(C)(C)c1cccc(O[SiH2]c2ccc([SiH2]Oc3cccc(C(C)(C)C)c3C(C)(C)C)cc2)c1C(C)(C)C. The maximum atomic E-state index is 6.57. The van der Waals surface area contributed by atoms with Crippen molar-refractivity contribution in [3.8, 4) is 11.5 Å². The first-order chi connectivity index (χ1) is 17.4. The summed E-state index contributed by atoms with van der Waals surface area (Å²) >= 11 is 0. The zero-order valence-electron chi connectivity index (χ0n) is 26.0. The summed E-state index contributed by atoms with van der Waals surface area (Å²) in [6.07, 6.45) is 0. The third-order valence-corrected chi connectivity index (χ3v) is 9.50. The van der Waals surface area contributed by atoms with Crippen molar-refractivity contribution in [1.29, 1.82) is 0 Å². The van der Waals surface area contributed by atoms with Crippen LogP contribution in [0.3, 0.4) is 0 Å². The van der Waals surface area contributed by atoms with Gasteiger partial charge in [0.2, 0.25) is 0 Å². The Bertz CT molecular complexity index is 1130. The molecule has 0 bridgehead atoms. The lowest BCUT2D eigenvalue weighted by Crippen LogP contribution is -2.28. The van der Waals surface area contributed by atoms with E-state index in [1.54, 1.807) is 0 Å². The highest BCUT2D eigenvalue weighted by Gasteiger charge is 2.29. The van der Waals surface area contributed by atoms with Crippen LogP contribution in [0, 0.1) is 0 Å². The number of rotatable bonds is 6. The van der Waals surface area contributed by atoms with Gasteiger partial charge in [-0.2, -0.15) is 0 Å². The summed E-state index contributed by atoms with van der Waals surface area (Å²) in [5, 5.41) is 2.63. The predicted octanol–water partition coefficient (Wildman–Crippen LogP) is 6.45. The van der Waals surface area contributed by atoms with Crippen molar-refractivity contribution in [3.05, 3.63) is 82.9 Å². The van der Waals surface area contributed by atoms with Gasteiger partial charge in [-0.1, -0.05) is 132 Å². The van der Waals surface area contributed by atoms with Gasteiger partial charge >= 0.3 is 0 Å². The molecule has 0 N–H and O–H groups in total. The zero-order valence-corrected chi connectivity index (χ0v) is 28.8. The van der Waals surface area contributed by atoms with Crippen LogP contribution >= 0.6 is 0 Å². The first-order valence-corrected chi connectivity index (χ1v) is 16.6. The van der Waals surface area contributed by atoms with Crippen LogP contribution in [0.4, 0.5) is 0 Å². The molecule has 3 aromatic carbocycles. The summed E-state index contributed by atoms with van der Waals surface area (Å²) in [5.41, 5.74) is 5.63. The minimum absolute atomic E-state index is 0.0244. The zero-order chi connectivity index (χ0) is 28.5. The van der Waals surface area contributed by atoms with Crippen molar-refractivity contribution in [3.63, 3.8) is 0 Å². The summed E-state index contributed by atoms with van der Waals surface area (Å²) in [5.74, 6) is 2.10. The maximum Gasteiger partial charge on any atom is 0.251 e. The van der Waals surface area contributed by atoms with E-state index in [1.807, 2.05) is 0 Å². The molecule has 0 saturated carbocycles. The van der Waals surface area contributed by atoms with Gasteiger partial charge in [0.25, 0.3) is 19.5 Å².